The molecule has 6 saturated heterocycles. The fourth-order valence-electron chi connectivity index (χ4n) is 28.4. The molecule has 16 heteroatoms. The van der Waals surface area contributed by atoms with Crippen molar-refractivity contribution in [1.29, 1.82) is 0 Å². The van der Waals surface area contributed by atoms with Gasteiger partial charge in [0.15, 0.2) is 0 Å². The first-order valence-electron chi connectivity index (χ1n) is 55.8. The average Bonchev–Trinajstić information content (AvgIpc) is 1.66. The summed E-state index contributed by atoms with van der Waals surface area (Å²) in [7, 11) is 0. The van der Waals surface area contributed by atoms with Crippen LogP contribution in [-0.2, 0) is 22.4 Å². The van der Waals surface area contributed by atoms with Crippen LogP contribution in [0.2, 0.25) is 0 Å². The van der Waals surface area contributed by atoms with Gasteiger partial charge in [0, 0.05) is 60.9 Å². The van der Waals surface area contributed by atoms with E-state index in [0.29, 0.717) is 59.3 Å². The Hall–Kier alpha value is -3.76. The SMILES string of the molecule is CC1(C)CN[C@H](C2(O)CCCC2)C1.C[C@@](O)(c1ccccc1)C1CCC1.C[C@@](O)(c1ccccc1)[C@@H]1C[C@@H]2CCCC[C@@H]2N1.C[C@](O)(c1ccccc1)C1CCC1.C[C@](O)(c1ccccc1)[C@@H]1CCCCN1.OC1(C2CCC2)CCCC1.OC1(C2CCCC2)CCCC1.OC1([C@@H]2CCCCN2)CCCC1.OC1([C@@H]2C[C@@H]3CCCC[C@@H]3N2)CCCC1.OC1([C@H]2NC3CCC2C3)CCCC1. The highest BCUT2D eigenvalue weighted by atomic mass is 16.3. The summed E-state index contributed by atoms with van der Waals surface area (Å²) in [5.74, 6) is 4.70. The Morgan fingerprint density at radius 3 is 0.977 bits per heavy atom. The summed E-state index contributed by atoms with van der Waals surface area (Å²) in [4.78, 5) is 0. The first-order valence-corrected chi connectivity index (χ1v) is 55.8. The summed E-state index contributed by atoms with van der Waals surface area (Å²) in [6.07, 6.45) is 69.3. The minimum Gasteiger partial charge on any atom is -0.390 e. The number of rotatable bonds is 14. The quantitative estimate of drug-likeness (QED) is 0.0559. The van der Waals surface area contributed by atoms with Gasteiger partial charge in [0.2, 0.25) is 0 Å². The van der Waals surface area contributed by atoms with Gasteiger partial charge < -0.3 is 83.0 Å². The number of piperidine rings is 3. The largest absolute Gasteiger partial charge is 0.390 e. The second-order valence-corrected chi connectivity index (χ2v) is 48.2. The highest BCUT2D eigenvalue weighted by Crippen LogP contribution is 2.51. The van der Waals surface area contributed by atoms with Gasteiger partial charge in [-0.2, -0.15) is 0 Å². The number of hydrogen-bond donors (Lipinski definition) is 16. The lowest BCUT2D eigenvalue weighted by Gasteiger charge is -2.39. The maximum absolute atomic E-state index is 10.9. The monoisotopic (exact) mass is 1840 g/mol. The molecular formula is C117H190N6O10. The highest BCUT2D eigenvalue weighted by molar-refractivity contribution is 5.28. The van der Waals surface area contributed by atoms with Gasteiger partial charge >= 0.3 is 0 Å². The van der Waals surface area contributed by atoms with Crippen LogP contribution in [0.1, 0.15) is 430 Å². The number of fused-ring (bicyclic) bond motifs is 4. The van der Waals surface area contributed by atoms with Gasteiger partial charge in [0.25, 0.3) is 0 Å². The molecule has 2 bridgehead atoms. The van der Waals surface area contributed by atoms with E-state index in [0.717, 1.165) is 168 Å². The Labute approximate surface area is 806 Å². The molecule has 0 radical (unpaired) electrons. The Bertz CT molecular complexity index is 3860. The van der Waals surface area contributed by atoms with Crippen molar-refractivity contribution in [2.24, 2.45) is 46.8 Å². The van der Waals surface area contributed by atoms with E-state index in [4.69, 9.17) is 0 Å². The summed E-state index contributed by atoms with van der Waals surface area (Å²) in [5, 5.41) is 125. The molecule has 0 spiro atoms. The third-order valence-electron chi connectivity index (χ3n) is 38.2. The number of nitrogens with one attached hydrogen (secondary N) is 6. The van der Waals surface area contributed by atoms with Crippen LogP contribution < -0.4 is 31.9 Å². The van der Waals surface area contributed by atoms with Crippen molar-refractivity contribution in [3.63, 3.8) is 0 Å². The third kappa shape index (κ3) is 27.4. The van der Waals surface area contributed by atoms with Crippen molar-refractivity contribution in [1.82, 2.24) is 31.9 Å². The van der Waals surface area contributed by atoms with E-state index in [9.17, 15) is 51.1 Å². The molecule has 23 rings (SSSR count). The molecule has 4 aromatic rings. The van der Waals surface area contributed by atoms with Gasteiger partial charge in [-0.05, 0) is 328 Å². The van der Waals surface area contributed by atoms with E-state index in [-0.39, 0.29) is 45.7 Å². The minimum atomic E-state index is -0.751. The zero-order valence-electron chi connectivity index (χ0n) is 84.2. The molecule has 6 aliphatic heterocycles. The molecule has 16 nitrogen and oxygen atoms in total. The fraction of sp³-hybridized carbons (Fsp3) is 0.795. The van der Waals surface area contributed by atoms with Gasteiger partial charge in [-0.3, -0.25) is 0 Å². The van der Waals surface area contributed by atoms with Gasteiger partial charge in [0.1, 0.15) is 11.2 Å². The van der Waals surface area contributed by atoms with Crippen LogP contribution in [0.5, 0.6) is 0 Å². The van der Waals surface area contributed by atoms with E-state index < -0.39 is 22.4 Å². The Kier molecular flexibility index (Phi) is 37.8. The first-order chi connectivity index (χ1) is 63.8. The first kappa shape index (κ1) is 105. The van der Waals surface area contributed by atoms with Crippen LogP contribution in [-0.4, -0.2) is 159 Å². The lowest BCUT2D eigenvalue weighted by molar-refractivity contribution is -0.0442. The van der Waals surface area contributed by atoms with E-state index >= 15 is 0 Å². The standard InChI is InChI=1S/C16H23NO.C13H23NO.C13H19NO.2C12H16O.C11H19NO.C11H21NO.C10H19NO.C10H18O.C9H16O/c1-16(18,13-8-3-2-4-9-13)15-11-12-7-5-6-10-14(12)17-15;15-13(7-3-4-8-13)12-9-10-5-1-2-6-11(10)14-12;1-13(15,11-7-3-2-4-8-11)12-9-5-6-10-14-12;2*1-12(13,11-8-5-9-11)10-6-3-2-4-7-10;13-11(5-1-2-6-11)10-8-3-4-9(7-8)12-10;1-10(2)7-9(12-8-10)11(13)5-3-4-6-11;12-10(6-2-3-7-10)9-5-1-4-8-11-9;11-10(7-3-4-8-10)9-5-1-2-6-9;10-9(6-1-2-7-9)8-4-3-5-8/h2-4,8-9,12,14-15,17-18H,5-7,10-11H2,1H3;10-12,14-15H,1-9H2;2-4,7-8,12,14-15H,5-6,9-10H2,1H3;2*2-4,6-7,11,13H,5,8-9H2,1H3;8-10,12-13H,1-7H2;9,12-13H,3-8H2,1-2H3;9,11-12H,1-8H2;9,11H,1-8H2;8,10H,1-7H2/t12-,14-,15-,16+;10-,11-,12-;12-,13-;2*12-;8?,9?,10-;2*9-;;/m00010000../s1. The summed E-state index contributed by atoms with van der Waals surface area (Å²) in [5.41, 5.74) is -0.0486. The second-order valence-electron chi connectivity index (χ2n) is 48.2. The molecule has 19 aliphatic rings. The molecule has 2 unspecified atom stereocenters. The molecule has 4 aromatic carbocycles. The molecule has 0 amide bonds. The van der Waals surface area contributed by atoms with Crippen molar-refractivity contribution >= 4 is 0 Å². The van der Waals surface area contributed by atoms with Crippen LogP contribution in [0.4, 0.5) is 0 Å². The zero-order valence-corrected chi connectivity index (χ0v) is 84.2. The predicted molar refractivity (Wildman–Crippen MR) is 543 cm³/mol. The lowest BCUT2D eigenvalue weighted by Crippen LogP contribution is -2.52. The molecule has 19 fully saturated rings. The van der Waals surface area contributed by atoms with Crippen LogP contribution in [0.3, 0.4) is 0 Å². The fourth-order valence-corrected chi connectivity index (χ4v) is 28.4. The smallest absolute Gasteiger partial charge is 0.102 e. The molecular weight excluding hydrogens is 1650 g/mol. The third-order valence-corrected chi connectivity index (χ3v) is 38.2. The Balaban J connectivity index is 0.000000119. The Morgan fingerprint density at radius 2 is 0.624 bits per heavy atom. The van der Waals surface area contributed by atoms with E-state index in [2.05, 4.69) is 45.7 Å². The van der Waals surface area contributed by atoms with Gasteiger partial charge in [0.05, 0.1) is 44.8 Å². The van der Waals surface area contributed by atoms with E-state index in [1.807, 2.05) is 149 Å². The normalized spacial score (nSPS) is 33.3. The van der Waals surface area contributed by atoms with E-state index in [1.54, 1.807) is 0 Å². The molecule has 748 valence electrons. The topological polar surface area (TPSA) is 274 Å². The van der Waals surface area contributed by atoms with Gasteiger partial charge in [-0.1, -0.05) is 283 Å². The maximum Gasteiger partial charge on any atom is 0.102 e. The van der Waals surface area contributed by atoms with Gasteiger partial charge in [-0.15, -0.1) is 0 Å². The number of benzene rings is 4. The molecule has 133 heavy (non-hydrogen) atoms. The predicted octanol–water partition coefficient (Wildman–Crippen LogP) is 21.6. The molecule has 0 aromatic heterocycles. The molecule has 13 saturated carbocycles. The summed E-state index contributed by atoms with van der Waals surface area (Å²) in [6.45, 7) is 15.5. The minimum absolute atomic E-state index is 0.189. The van der Waals surface area contributed by atoms with Crippen molar-refractivity contribution in [2.45, 2.75) is 518 Å². The van der Waals surface area contributed by atoms with Gasteiger partial charge in [-0.25, -0.2) is 0 Å². The zero-order chi connectivity index (χ0) is 93.9. The maximum atomic E-state index is 10.9. The van der Waals surface area contributed by atoms with Crippen LogP contribution >= 0.6 is 0 Å². The summed E-state index contributed by atoms with van der Waals surface area (Å²) in [6, 6.07) is 44.1. The van der Waals surface area contributed by atoms with E-state index in [1.165, 1.54) is 270 Å². The van der Waals surface area contributed by atoms with Crippen LogP contribution in [0, 0.1) is 46.8 Å². The summed E-state index contributed by atoms with van der Waals surface area (Å²) >= 11 is 0. The molecule has 16 N–H and O–H groups in total. The number of aliphatic hydroxyl groups is 10. The lowest BCUT2D eigenvalue weighted by atomic mass is 9.71. The van der Waals surface area contributed by atoms with Crippen molar-refractivity contribution in [3.05, 3.63) is 144 Å². The number of hydrogen-bond acceptors (Lipinski definition) is 16. The molecule has 6 heterocycles. The average molecular weight is 1840 g/mol. The molecule has 16 atom stereocenters. The van der Waals surface area contributed by atoms with Crippen molar-refractivity contribution in [2.75, 3.05) is 19.6 Å². The van der Waals surface area contributed by atoms with Crippen molar-refractivity contribution in [3.8, 4) is 0 Å². The van der Waals surface area contributed by atoms with Crippen LogP contribution in [0.15, 0.2) is 121 Å². The molecule has 13 aliphatic carbocycles. The summed E-state index contributed by atoms with van der Waals surface area (Å²) < 4.78 is 0. The second kappa shape index (κ2) is 47.9. The highest BCUT2D eigenvalue weighted by Gasteiger charge is 2.53. The van der Waals surface area contributed by atoms with Crippen molar-refractivity contribution < 1.29 is 51.1 Å². The van der Waals surface area contributed by atoms with Crippen LogP contribution in [0.25, 0.3) is 0 Å². The Morgan fingerprint density at radius 1 is 0.271 bits per heavy atom.